The zero-order valence-corrected chi connectivity index (χ0v) is 13.6. The van der Waals surface area contributed by atoms with Gasteiger partial charge in [0.1, 0.15) is 13.2 Å². The average Bonchev–Trinajstić information content (AvgIpc) is 2.52. The highest BCUT2D eigenvalue weighted by atomic mass is 16.5. The van der Waals surface area contributed by atoms with Crippen LogP contribution in [-0.4, -0.2) is 54.3 Å². The number of quaternary nitrogens is 1. The quantitative estimate of drug-likeness (QED) is 0.552. The van der Waals surface area contributed by atoms with Crippen LogP contribution in [-0.2, 0) is 14.3 Å². The zero-order chi connectivity index (χ0) is 15.9. The Morgan fingerprint density at radius 1 is 1.05 bits per heavy atom. The van der Waals surface area contributed by atoms with E-state index in [1.54, 1.807) is 0 Å². The van der Waals surface area contributed by atoms with Crippen molar-refractivity contribution in [2.24, 2.45) is 11.8 Å². The second-order valence-electron chi connectivity index (χ2n) is 6.02. The summed E-state index contributed by atoms with van der Waals surface area (Å²) in [6, 6.07) is 0. The SMILES string of the molecule is CC[N+](CC)(CC)CCOC(=O)C1CCCCC1C(=O)O. The minimum absolute atomic E-state index is 0.316. The summed E-state index contributed by atoms with van der Waals surface area (Å²) in [5.41, 5.74) is 0. The molecule has 1 saturated carbocycles. The molecule has 0 saturated heterocycles. The van der Waals surface area contributed by atoms with Gasteiger partial charge in [0.15, 0.2) is 0 Å². The normalized spacial score (nSPS) is 22.8. The predicted octanol–water partition coefficient (Wildman–Crippen LogP) is 2.30. The van der Waals surface area contributed by atoms with Crippen molar-refractivity contribution in [1.29, 1.82) is 0 Å². The Balaban J connectivity index is 2.50. The first-order valence-corrected chi connectivity index (χ1v) is 8.24. The molecule has 0 aromatic rings. The minimum Gasteiger partial charge on any atom is -0.481 e. The minimum atomic E-state index is -0.863. The third-order valence-electron chi connectivity index (χ3n) is 5.21. The molecule has 0 aromatic carbocycles. The van der Waals surface area contributed by atoms with E-state index >= 15 is 0 Å². The van der Waals surface area contributed by atoms with Gasteiger partial charge in [0, 0.05) is 0 Å². The molecule has 122 valence electrons. The molecule has 2 unspecified atom stereocenters. The van der Waals surface area contributed by atoms with Crippen molar-refractivity contribution < 1.29 is 23.9 Å². The molecule has 5 nitrogen and oxygen atoms in total. The number of nitrogens with zero attached hydrogens (tertiary/aromatic N) is 1. The van der Waals surface area contributed by atoms with E-state index in [0.717, 1.165) is 43.5 Å². The number of carbonyl (C=O) groups is 2. The number of likely N-dealkylation sites (N-methyl/N-ethyl adjacent to an activating group) is 1. The molecule has 1 fully saturated rings. The lowest BCUT2D eigenvalue weighted by atomic mass is 9.79. The second kappa shape index (κ2) is 8.37. The predicted molar refractivity (Wildman–Crippen MR) is 80.8 cm³/mol. The van der Waals surface area contributed by atoms with E-state index in [4.69, 9.17) is 4.74 Å². The van der Waals surface area contributed by atoms with Gasteiger partial charge >= 0.3 is 11.9 Å². The van der Waals surface area contributed by atoms with Crippen LogP contribution in [0.25, 0.3) is 0 Å². The third kappa shape index (κ3) is 4.70. The number of carboxylic acid groups (broad SMARTS) is 1. The van der Waals surface area contributed by atoms with Gasteiger partial charge in [-0.1, -0.05) is 12.8 Å². The molecule has 0 aliphatic heterocycles. The summed E-state index contributed by atoms with van der Waals surface area (Å²) in [5.74, 6) is -2.20. The summed E-state index contributed by atoms with van der Waals surface area (Å²) >= 11 is 0. The maximum Gasteiger partial charge on any atom is 0.310 e. The van der Waals surface area contributed by atoms with Crippen LogP contribution in [0.3, 0.4) is 0 Å². The number of carboxylic acids is 1. The maximum atomic E-state index is 12.2. The van der Waals surface area contributed by atoms with Gasteiger partial charge in [0.25, 0.3) is 0 Å². The van der Waals surface area contributed by atoms with Crippen LogP contribution in [0, 0.1) is 11.8 Å². The fourth-order valence-corrected chi connectivity index (χ4v) is 3.30. The molecule has 21 heavy (non-hydrogen) atoms. The summed E-state index contributed by atoms with van der Waals surface area (Å²) in [5, 5.41) is 9.22. The molecule has 0 bridgehead atoms. The van der Waals surface area contributed by atoms with Crippen LogP contribution in [0.1, 0.15) is 46.5 Å². The zero-order valence-electron chi connectivity index (χ0n) is 13.6. The molecule has 0 radical (unpaired) electrons. The van der Waals surface area contributed by atoms with Crippen molar-refractivity contribution >= 4 is 11.9 Å². The number of carbonyl (C=O) groups excluding carboxylic acids is 1. The first kappa shape index (κ1) is 18.0. The van der Waals surface area contributed by atoms with E-state index in [1.165, 1.54) is 0 Å². The van der Waals surface area contributed by atoms with Gasteiger partial charge in [-0.15, -0.1) is 0 Å². The molecule has 0 heterocycles. The Kier molecular flexibility index (Phi) is 7.15. The number of rotatable bonds is 8. The number of ether oxygens (including phenoxy) is 1. The first-order valence-electron chi connectivity index (χ1n) is 8.24. The highest BCUT2D eigenvalue weighted by Crippen LogP contribution is 2.31. The average molecular weight is 300 g/mol. The number of hydrogen-bond acceptors (Lipinski definition) is 3. The fourth-order valence-electron chi connectivity index (χ4n) is 3.30. The standard InChI is InChI=1S/C16H29NO4/c1-4-17(5-2,6-3)11-12-21-16(20)14-10-8-7-9-13(14)15(18)19/h13-14H,4-12H2,1-3H3/p+1. The largest absolute Gasteiger partial charge is 0.481 e. The molecular formula is C16H30NO4+. The van der Waals surface area contributed by atoms with Gasteiger partial charge in [0.2, 0.25) is 0 Å². The van der Waals surface area contributed by atoms with E-state index in [1.807, 2.05) is 0 Å². The lowest BCUT2D eigenvalue weighted by molar-refractivity contribution is -0.923. The van der Waals surface area contributed by atoms with E-state index in [0.29, 0.717) is 19.4 Å². The van der Waals surface area contributed by atoms with Gasteiger partial charge in [-0.05, 0) is 33.6 Å². The summed E-state index contributed by atoms with van der Waals surface area (Å²) in [4.78, 5) is 23.4. The van der Waals surface area contributed by atoms with Gasteiger partial charge in [-0.25, -0.2) is 0 Å². The highest BCUT2D eigenvalue weighted by molar-refractivity contribution is 5.81. The van der Waals surface area contributed by atoms with Crippen LogP contribution < -0.4 is 0 Å². The van der Waals surface area contributed by atoms with Crippen molar-refractivity contribution in [3.8, 4) is 0 Å². The van der Waals surface area contributed by atoms with E-state index in [9.17, 15) is 14.7 Å². The van der Waals surface area contributed by atoms with Crippen molar-refractivity contribution in [3.05, 3.63) is 0 Å². The molecule has 0 aromatic heterocycles. The Hall–Kier alpha value is -1.10. The van der Waals surface area contributed by atoms with E-state index in [2.05, 4.69) is 20.8 Å². The van der Waals surface area contributed by atoms with Gasteiger partial charge in [0.05, 0.1) is 31.5 Å². The summed E-state index contributed by atoms with van der Waals surface area (Å²) in [7, 11) is 0. The summed E-state index contributed by atoms with van der Waals surface area (Å²) in [6.07, 6.45) is 3.05. The maximum absolute atomic E-state index is 12.2. The molecule has 5 heteroatoms. The Bertz CT molecular complexity index is 344. The molecule has 1 N–H and O–H groups in total. The van der Waals surface area contributed by atoms with Crippen LogP contribution in [0.4, 0.5) is 0 Å². The number of esters is 1. The monoisotopic (exact) mass is 300 g/mol. The van der Waals surface area contributed by atoms with Crippen molar-refractivity contribution in [3.63, 3.8) is 0 Å². The smallest absolute Gasteiger partial charge is 0.310 e. The molecule has 1 rings (SSSR count). The van der Waals surface area contributed by atoms with E-state index in [-0.39, 0.29) is 5.97 Å². The van der Waals surface area contributed by atoms with Crippen molar-refractivity contribution in [1.82, 2.24) is 0 Å². The van der Waals surface area contributed by atoms with Gasteiger partial charge in [-0.3, -0.25) is 9.59 Å². The molecule has 0 amide bonds. The Labute approximate surface area is 127 Å². The van der Waals surface area contributed by atoms with Crippen LogP contribution in [0.15, 0.2) is 0 Å². The molecule has 0 spiro atoms. The first-order chi connectivity index (χ1) is 9.99. The Morgan fingerprint density at radius 3 is 2.05 bits per heavy atom. The van der Waals surface area contributed by atoms with E-state index < -0.39 is 17.8 Å². The van der Waals surface area contributed by atoms with Crippen LogP contribution in [0.5, 0.6) is 0 Å². The highest BCUT2D eigenvalue weighted by Gasteiger charge is 2.37. The van der Waals surface area contributed by atoms with Crippen LogP contribution in [0.2, 0.25) is 0 Å². The van der Waals surface area contributed by atoms with Gasteiger partial charge < -0.3 is 14.3 Å². The third-order valence-corrected chi connectivity index (χ3v) is 5.21. The Morgan fingerprint density at radius 2 is 1.57 bits per heavy atom. The lowest BCUT2D eigenvalue weighted by Crippen LogP contribution is -2.50. The van der Waals surface area contributed by atoms with Crippen molar-refractivity contribution in [2.75, 3.05) is 32.8 Å². The topological polar surface area (TPSA) is 63.6 Å². The molecule has 2 atom stereocenters. The summed E-state index contributed by atoms with van der Waals surface area (Å²) < 4.78 is 6.34. The van der Waals surface area contributed by atoms with Crippen LogP contribution >= 0.6 is 0 Å². The second-order valence-corrected chi connectivity index (χ2v) is 6.02. The molecule has 1 aliphatic carbocycles. The molecule has 1 aliphatic rings. The number of hydrogen-bond donors (Lipinski definition) is 1. The van der Waals surface area contributed by atoms with Crippen molar-refractivity contribution in [2.45, 2.75) is 46.5 Å². The number of aliphatic carboxylic acids is 1. The summed E-state index contributed by atoms with van der Waals surface area (Å²) in [6.45, 7) is 10.7. The fraction of sp³-hybridized carbons (Fsp3) is 0.875. The lowest BCUT2D eigenvalue weighted by Gasteiger charge is -2.35. The van der Waals surface area contributed by atoms with Gasteiger partial charge in [-0.2, -0.15) is 0 Å². The molecular weight excluding hydrogens is 270 g/mol.